The van der Waals surface area contributed by atoms with Crippen LogP contribution in [-0.4, -0.2) is 26.7 Å². The Kier molecular flexibility index (Phi) is 4.44. The summed E-state index contributed by atoms with van der Waals surface area (Å²) in [5.41, 5.74) is 2.55. The summed E-state index contributed by atoms with van der Waals surface area (Å²) in [4.78, 5) is 9.51. The molecule has 0 saturated heterocycles. The van der Waals surface area contributed by atoms with E-state index in [1.54, 1.807) is 36.0 Å². The van der Waals surface area contributed by atoms with Crippen molar-refractivity contribution < 1.29 is 9.13 Å². The van der Waals surface area contributed by atoms with E-state index in [1.165, 1.54) is 17.4 Å². The Labute approximate surface area is 157 Å². The van der Waals surface area contributed by atoms with Gasteiger partial charge in [0.25, 0.3) is 0 Å². The number of halogens is 2. The molecule has 4 rings (SSSR count). The molecular formula is C17H13ClFN5OS. The predicted molar refractivity (Wildman–Crippen MR) is 99.4 cm³/mol. The van der Waals surface area contributed by atoms with Gasteiger partial charge in [-0.15, -0.1) is 5.10 Å². The van der Waals surface area contributed by atoms with Crippen LogP contribution >= 0.6 is 22.9 Å². The summed E-state index contributed by atoms with van der Waals surface area (Å²) >= 11 is 7.22. The zero-order chi connectivity index (χ0) is 18.1. The Hall–Kier alpha value is -2.71. The molecule has 0 amide bonds. The second-order valence-corrected chi connectivity index (χ2v) is 6.81. The molecule has 0 atom stereocenters. The summed E-state index contributed by atoms with van der Waals surface area (Å²) in [6.07, 6.45) is 3.55. The summed E-state index contributed by atoms with van der Waals surface area (Å²) in [7, 11) is 1.58. The lowest BCUT2D eigenvalue weighted by Crippen LogP contribution is -1.99. The third-order valence-corrected chi connectivity index (χ3v) is 4.88. The van der Waals surface area contributed by atoms with Gasteiger partial charge in [0.15, 0.2) is 0 Å². The molecular weight excluding hydrogens is 377 g/mol. The molecule has 1 aromatic carbocycles. The molecule has 1 N–H and O–H groups in total. The standard InChI is InChI=1S/C17H13ClFN5OS/c1-25-15-5-3-11(8-20-15)14-9-24-17(22-14)26-16(23-24)21-7-10-2-4-13(19)12(18)6-10/h2-6,8-9H,7H2,1H3,(H,21,23). The molecule has 0 spiro atoms. The number of anilines is 1. The lowest BCUT2D eigenvalue weighted by atomic mass is 10.2. The van der Waals surface area contributed by atoms with Gasteiger partial charge in [0.2, 0.25) is 16.0 Å². The van der Waals surface area contributed by atoms with Crippen LogP contribution in [0.4, 0.5) is 9.52 Å². The molecule has 26 heavy (non-hydrogen) atoms. The maximum atomic E-state index is 13.2. The monoisotopic (exact) mass is 389 g/mol. The maximum absolute atomic E-state index is 13.2. The molecule has 0 aliphatic heterocycles. The highest BCUT2D eigenvalue weighted by molar-refractivity contribution is 7.20. The molecule has 0 saturated carbocycles. The van der Waals surface area contributed by atoms with Crippen LogP contribution in [0.1, 0.15) is 5.56 Å². The van der Waals surface area contributed by atoms with Gasteiger partial charge >= 0.3 is 0 Å². The average molecular weight is 390 g/mol. The average Bonchev–Trinajstić information content (AvgIpc) is 3.21. The molecule has 0 fully saturated rings. The fraction of sp³-hybridized carbons (Fsp3) is 0.118. The minimum absolute atomic E-state index is 0.107. The van der Waals surface area contributed by atoms with E-state index in [0.29, 0.717) is 17.6 Å². The topological polar surface area (TPSA) is 64.3 Å². The Morgan fingerprint density at radius 3 is 2.88 bits per heavy atom. The third-order valence-electron chi connectivity index (χ3n) is 3.71. The summed E-state index contributed by atoms with van der Waals surface area (Å²) < 4.78 is 20.0. The van der Waals surface area contributed by atoms with Crippen LogP contribution in [0.15, 0.2) is 42.7 Å². The second-order valence-electron chi connectivity index (χ2n) is 5.45. The fourth-order valence-corrected chi connectivity index (χ4v) is 3.37. The van der Waals surface area contributed by atoms with Crippen molar-refractivity contribution in [3.8, 4) is 17.1 Å². The Bertz CT molecular complexity index is 1030. The summed E-state index contributed by atoms with van der Waals surface area (Å²) in [6, 6.07) is 8.31. The van der Waals surface area contributed by atoms with Crippen LogP contribution < -0.4 is 10.1 Å². The minimum atomic E-state index is -0.427. The van der Waals surface area contributed by atoms with Crippen LogP contribution in [0, 0.1) is 5.82 Å². The SMILES string of the molecule is COc1ccc(-c2cn3nc(NCc4ccc(F)c(Cl)c4)sc3n2)cn1. The number of fused-ring (bicyclic) bond motifs is 1. The highest BCUT2D eigenvalue weighted by Crippen LogP contribution is 2.25. The van der Waals surface area contributed by atoms with Gasteiger partial charge in [0, 0.05) is 24.4 Å². The number of hydrogen-bond acceptors (Lipinski definition) is 6. The number of pyridine rings is 1. The second kappa shape index (κ2) is 6.89. The van der Waals surface area contributed by atoms with Crippen molar-refractivity contribution in [1.29, 1.82) is 0 Å². The normalized spacial score (nSPS) is 11.0. The number of aromatic nitrogens is 4. The predicted octanol–water partition coefficient (Wildman–Crippen LogP) is 4.27. The van der Waals surface area contributed by atoms with Gasteiger partial charge in [-0.2, -0.15) is 0 Å². The van der Waals surface area contributed by atoms with Gasteiger partial charge < -0.3 is 10.1 Å². The molecule has 0 aliphatic carbocycles. The van der Waals surface area contributed by atoms with E-state index < -0.39 is 5.82 Å². The van der Waals surface area contributed by atoms with Crippen molar-refractivity contribution in [2.45, 2.75) is 6.54 Å². The van der Waals surface area contributed by atoms with Crippen molar-refractivity contribution in [3.63, 3.8) is 0 Å². The zero-order valence-electron chi connectivity index (χ0n) is 13.6. The summed E-state index contributed by atoms with van der Waals surface area (Å²) in [5, 5.41) is 8.47. The smallest absolute Gasteiger partial charge is 0.214 e. The van der Waals surface area contributed by atoms with Gasteiger partial charge in [-0.05, 0) is 23.8 Å². The first kappa shape index (κ1) is 16.7. The van der Waals surface area contributed by atoms with Crippen molar-refractivity contribution in [3.05, 3.63) is 59.1 Å². The summed E-state index contributed by atoms with van der Waals surface area (Å²) in [6.45, 7) is 0.492. The summed E-state index contributed by atoms with van der Waals surface area (Å²) in [5.74, 6) is 0.129. The van der Waals surface area contributed by atoms with Gasteiger partial charge in [0.1, 0.15) is 5.82 Å². The van der Waals surface area contributed by atoms with Gasteiger partial charge in [-0.1, -0.05) is 29.0 Å². The largest absolute Gasteiger partial charge is 0.481 e. The van der Waals surface area contributed by atoms with Crippen LogP contribution in [0.5, 0.6) is 5.88 Å². The van der Waals surface area contributed by atoms with Crippen LogP contribution in [-0.2, 0) is 6.54 Å². The fourth-order valence-electron chi connectivity index (χ4n) is 2.39. The van der Waals surface area contributed by atoms with Gasteiger partial charge in [-0.3, -0.25) is 0 Å². The van der Waals surface area contributed by atoms with E-state index in [4.69, 9.17) is 16.3 Å². The van der Waals surface area contributed by atoms with Crippen LogP contribution in [0.2, 0.25) is 5.02 Å². The highest BCUT2D eigenvalue weighted by Gasteiger charge is 2.10. The van der Waals surface area contributed by atoms with Crippen molar-refractivity contribution >= 4 is 33.0 Å². The number of nitrogens with one attached hydrogen (secondary N) is 1. The maximum Gasteiger partial charge on any atom is 0.214 e. The van der Waals surface area contributed by atoms with Crippen LogP contribution in [0.3, 0.4) is 0 Å². The Morgan fingerprint density at radius 1 is 1.31 bits per heavy atom. The number of methoxy groups -OCH3 is 1. The molecule has 3 aromatic heterocycles. The first-order valence-corrected chi connectivity index (χ1v) is 8.86. The number of rotatable bonds is 5. The zero-order valence-corrected chi connectivity index (χ0v) is 15.2. The quantitative estimate of drug-likeness (QED) is 0.552. The lowest BCUT2D eigenvalue weighted by molar-refractivity contribution is 0.398. The number of nitrogens with zero attached hydrogens (tertiary/aromatic N) is 4. The van der Waals surface area contributed by atoms with Crippen molar-refractivity contribution in [2.75, 3.05) is 12.4 Å². The molecule has 0 unspecified atom stereocenters. The van der Waals surface area contributed by atoms with E-state index in [2.05, 4.69) is 20.4 Å². The van der Waals surface area contributed by atoms with Crippen LogP contribution in [0.25, 0.3) is 16.2 Å². The number of benzene rings is 1. The Morgan fingerprint density at radius 2 is 2.19 bits per heavy atom. The van der Waals surface area contributed by atoms with E-state index >= 15 is 0 Å². The van der Waals surface area contributed by atoms with E-state index in [0.717, 1.165) is 21.8 Å². The van der Waals surface area contributed by atoms with Crippen molar-refractivity contribution in [2.24, 2.45) is 0 Å². The molecule has 0 radical (unpaired) electrons. The highest BCUT2D eigenvalue weighted by atomic mass is 35.5. The minimum Gasteiger partial charge on any atom is -0.481 e. The molecule has 0 bridgehead atoms. The lowest BCUT2D eigenvalue weighted by Gasteiger charge is -2.03. The molecule has 6 nitrogen and oxygen atoms in total. The van der Waals surface area contributed by atoms with E-state index in [-0.39, 0.29) is 5.02 Å². The van der Waals surface area contributed by atoms with E-state index in [1.807, 2.05) is 12.3 Å². The molecule has 3 heterocycles. The number of ether oxygens (including phenoxy) is 1. The molecule has 0 aliphatic rings. The first-order valence-electron chi connectivity index (χ1n) is 7.67. The molecule has 4 aromatic rings. The number of hydrogen-bond donors (Lipinski definition) is 1. The first-order chi connectivity index (χ1) is 12.6. The Balaban J connectivity index is 1.49. The van der Waals surface area contributed by atoms with E-state index in [9.17, 15) is 4.39 Å². The number of imidazole rings is 1. The third kappa shape index (κ3) is 3.33. The van der Waals surface area contributed by atoms with Gasteiger partial charge in [0.05, 0.1) is 24.0 Å². The van der Waals surface area contributed by atoms with Crippen molar-refractivity contribution in [1.82, 2.24) is 19.6 Å². The molecule has 132 valence electrons. The van der Waals surface area contributed by atoms with Gasteiger partial charge in [-0.25, -0.2) is 18.9 Å². The molecule has 9 heteroatoms.